The number of aliphatic carboxylic acids is 2. The number of para-hydroxylation sites is 2. The molecule has 2 amide bonds. The Balaban J connectivity index is 0.000000212. The normalized spacial score (nSPS) is 11.0. The van der Waals surface area contributed by atoms with E-state index < -0.39 is 36.1 Å². The van der Waals surface area contributed by atoms with Crippen LogP contribution < -0.4 is 27.0 Å². The summed E-state index contributed by atoms with van der Waals surface area (Å²) in [7, 11) is 4.00. The van der Waals surface area contributed by atoms with Crippen molar-refractivity contribution < 1.29 is 60.8 Å². The van der Waals surface area contributed by atoms with E-state index in [0.717, 1.165) is 52.2 Å². The molecule has 4 heterocycles. The molecule has 11 N–H and O–H groups in total. The van der Waals surface area contributed by atoms with E-state index in [2.05, 4.69) is 60.5 Å². The number of H-pyrrole nitrogens is 2. The zero-order valence-corrected chi connectivity index (χ0v) is 38.4. The van der Waals surface area contributed by atoms with Crippen molar-refractivity contribution in [1.29, 1.82) is 0 Å². The second-order valence-electron chi connectivity index (χ2n) is 15.3. The number of benzene rings is 4. The maximum Gasteiger partial charge on any atom is 0.490 e. The summed E-state index contributed by atoms with van der Waals surface area (Å²) in [5, 5.41) is 30.5. The smallest absolute Gasteiger partial charge is 0.490 e. The fraction of sp³-hybridized carbons (Fsp3) is 0.167. The summed E-state index contributed by atoms with van der Waals surface area (Å²) >= 11 is 0. The highest BCUT2D eigenvalue weighted by atomic mass is 19.4. The lowest BCUT2D eigenvalue weighted by Crippen LogP contribution is -2.21. The molecule has 0 aliphatic carbocycles. The molecule has 8 rings (SSSR count). The lowest BCUT2D eigenvalue weighted by atomic mass is 10.1. The van der Waals surface area contributed by atoms with E-state index in [0.29, 0.717) is 50.9 Å². The van der Waals surface area contributed by atoms with Crippen LogP contribution in [0.2, 0.25) is 0 Å². The van der Waals surface area contributed by atoms with Crippen LogP contribution in [-0.2, 0) is 22.4 Å². The number of imidazole rings is 2. The standard InChI is InChI=1S/C23H24N6O.C21H19N5O2.2C2HF3O2/c1-4-14-7-5-6-8-18(14)26-19-17(21(24)30)13-25-23-20(19)27-22(28-23)15-9-11-16(12-10-15)29(2)3;1-2-12-5-3-4-6-16(12)24-17-15(19(22)28)11-23-21-18(17)25-20(26-21)13-7-9-14(27)10-8-13;2*3-2(4,5)1(6)7/h5-13H,4H2,1-3H3,(H2,24,30)(H2,25,26,27,28);3-11,27H,2H2,1H3,(H2,22,28)(H2,23,24,25,26);2*(H,6,7). The molecule has 0 saturated heterocycles. The number of amides is 2. The molecule has 0 atom stereocenters. The van der Waals surface area contributed by atoms with Gasteiger partial charge in [0.05, 0.1) is 22.5 Å². The highest BCUT2D eigenvalue weighted by Gasteiger charge is 2.39. The van der Waals surface area contributed by atoms with Gasteiger partial charge >= 0.3 is 24.3 Å². The molecule has 0 fully saturated rings. The maximum atomic E-state index is 12.1. The van der Waals surface area contributed by atoms with Crippen LogP contribution in [-0.4, -0.2) is 95.4 Å². The van der Waals surface area contributed by atoms with E-state index in [4.69, 9.17) is 31.3 Å². The number of carbonyl (C=O) groups is 4. The quantitative estimate of drug-likeness (QED) is 0.0546. The Hall–Kier alpha value is -9.22. The molecule has 0 unspecified atom stereocenters. The number of nitrogens with one attached hydrogen (secondary N) is 4. The lowest BCUT2D eigenvalue weighted by Gasteiger charge is -2.13. The number of anilines is 5. The van der Waals surface area contributed by atoms with Crippen molar-refractivity contribution in [2.45, 2.75) is 39.0 Å². The highest BCUT2D eigenvalue weighted by molar-refractivity contribution is 6.07. The largest absolute Gasteiger partial charge is 0.508 e. The predicted octanol–water partition coefficient (Wildman–Crippen LogP) is 9.10. The van der Waals surface area contributed by atoms with Crippen molar-refractivity contribution in [1.82, 2.24) is 29.9 Å². The Kier molecular flexibility index (Phi) is 17.1. The summed E-state index contributed by atoms with van der Waals surface area (Å²) in [6.45, 7) is 4.15. The van der Waals surface area contributed by atoms with Gasteiger partial charge < -0.3 is 52.3 Å². The average molecular weight is 1000 g/mol. The Bertz CT molecular complexity index is 3190. The molecule has 376 valence electrons. The van der Waals surface area contributed by atoms with Gasteiger partial charge in [-0.1, -0.05) is 50.2 Å². The number of pyridine rings is 2. The van der Waals surface area contributed by atoms with E-state index in [-0.39, 0.29) is 11.3 Å². The minimum absolute atomic E-state index is 0.174. The lowest BCUT2D eigenvalue weighted by molar-refractivity contribution is -0.193. The van der Waals surface area contributed by atoms with E-state index >= 15 is 0 Å². The monoisotopic (exact) mass is 1000 g/mol. The zero-order valence-electron chi connectivity index (χ0n) is 38.4. The number of carboxylic acids is 2. The first-order valence-electron chi connectivity index (χ1n) is 21.2. The van der Waals surface area contributed by atoms with Crippen molar-refractivity contribution >= 4 is 74.5 Å². The number of fused-ring (bicyclic) bond motifs is 2. The Morgan fingerprint density at radius 3 is 1.26 bits per heavy atom. The number of aromatic nitrogens is 6. The summed E-state index contributed by atoms with van der Waals surface area (Å²) in [6.07, 6.45) is -5.56. The van der Waals surface area contributed by atoms with Gasteiger partial charge in [0, 0.05) is 54.7 Å². The molecule has 18 nitrogen and oxygen atoms in total. The second-order valence-corrected chi connectivity index (χ2v) is 15.3. The number of primary amides is 2. The average Bonchev–Trinajstić information content (AvgIpc) is 3.98. The Morgan fingerprint density at radius 1 is 0.597 bits per heavy atom. The van der Waals surface area contributed by atoms with Crippen LogP contribution in [0.15, 0.2) is 109 Å². The van der Waals surface area contributed by atoms with Gasteiger partial charge in [-0.15, -0.1) is 0 Å². The predicted molar refractivity (Wildman–Crippen MR) is 257 cm³/mol. The van der Waals surface area contributed by atoms with Gasteiger partial charge in [-0.25, -0.2) is 29.5 Å². The molecule has 24 heteroatoms. The van der Waals surface area contributed by atoms with Crippen molar-refractivity contribution in [3.05, 3.63) is 132 Å². The molecular formula is C48H45F6N11O7. The van der Waals surface area contributed by atoms with Gasteiger partial charge in [-0.05, 0) is 84.6 Å². The number of aryl methyl sites for hydroxylation is 2. The summed E-state index contributed by atoms with van der Waals surface area (Å²) in [5.74, 6) is -5.21. The van der Waals surface area contributed by atoms with E-state index in [9.17, 15) is 41.0 Å². The van der Waals surface area contributed by atoms with Crippen LogP contribution >= 0.6 is 0 Å². The fourth-order valence-electron chi connectivity index (χ4n) is 6.53. The number of hydrogen-bond donors (Lipinski definition) is 9. The number of rotatable bonds is 11. The van der Waals surface area contributed by atoms with E-state index in [1.54, 1.807) is 24.3 Å². The second kappa shape index (κ2) is 22.9. The third-order valence-electron chi connectivity index (χ3n) is 10.2. The third-order valence-corrected chi connectivity index (χ3v) is 10.2. The van der Waals surface area contributed by atoms with Crippen molar-refractivity contribution in [2.75, 3.05) is 29.6 Å². The van der Waals surface area contributed by atoms with Crippen LogP contribution in [0.5, 0.6) is 5.75 Å². The Labute approximate surface area is 404 Å². The number of nitrogens with two attached hydrogens (primary N) is 2. The van der Waals surface area contributed by atoms with Crippen LogP contribution in [0.4, 0.5) is 54.8 Å². The summed E-state index contributed by atoms with van der Waals surface area (Å²) < 4.78 is 63.5. The topological polar surface area (TPSA) is 291 Å². The third kappa shape index (κ3) is 13.5. The molecule has 0 radical (unpaired) electrons. The van der Waals surface area contributed by atoms with Crippen LogP contribution in [0.1, 0.15) is 45.7 Å². The molecule has 0 aliphatic heterocycles. The number of phenolic OH excluding ortho intramolecular Hbond substituents is 1. The molecule has 0 aliphatic rings. The highest BCUT2D eigenvalue weighted by Crippen LogP contribution is 2.34. The minimum Gasteiger partial charge on any atom is -0.508 e. The van der Waals surface area contributed by atoms with Gasteiger partial charge in [0.1, 0.15) is 28.4 Å². The summed E-state index contributed by atoms with van der Waals surface area (Å²) in [4.78, 5) is 68.3. The number of carbonyl (C=O) groups excluding carboxylic acids is 2. The number of halogens is 6. The van der Waals surface area contributed by atoms with Crippen LogP contribution in [0.25, 0.3) is 45.1 Å². The van der Waals surface area contributed by atoms with E-state index in [1.807, 2.05) is 85.7 Å². The first kappa shape index (κ1) is 53.7. The summed E-state index contributed by atoms with van der Waals surface area (Å²) in [5.41, 5.74) is 22.0. The molecule has 72 heavy (non-hydrogen) atoms. The Morgan fingerprint density at radius 2 is 0.944 bits per heavy atom. The minimum atomic E-state index is -5.08. The van der Waals surface area contributed by atoms with Gasteiger partial charge in [-0.3, -0.25) is 9.59 Å². The van der Waals surface area contributed by atoms with Crippen LogP contribution in [0.3, 0.4) is 0 Å². The molecule has 4 aromatic heterocycles. The van der Waals surface area contributed by atoms with Crippen molar-refractivity contribution in [3.8, 4) is 28.5 Å². The number of aromatic amines is 2. The zero-order chi connectivity index (χ0) is 53.1. The van der Waals surface area contributed by atoms with Gasteiger partial charge in [0.2, 0.25) is 0 Å². The number of alkyl halides is 6. The SMILES string of the molecule is CCc1ccccc1Nc1c(C(N)=O)cnc2nc(-c3ccc(N(C)C)cc3)[nH]c12.CCc1ccccc1Nc1c(C(N)=O)cnc2nc(-c3ccc(O)cc3)[nH]c12.O=C(O)C(F)(F)F.O=C(O)C(F)(F)F. The van der Waals surface area contributed by atoms with Crippen molar-refractivity contribution in [2.24, 2.45) is 11.5 Å². The summed E-state index contributed by atoms with van der Waals surface area (Å²) in [6, 6.07) is 30.6. The maximum absolute atomic E-state index is 12.1. The fourth-order valence-corrected chi connectivity index (χ4v) is 6.53. The number of nitrogens with zero attached hydrogens (tertiary/aromatic N) is 5. The van der Waals surface area contributed by atoms with Gasteiger partial charge in [-0.2, -0.15) is 26.3 Å². The molecular weight excluding hydrogens is 957 g/mol. The van der Waals surface area contributed by atoms with Crippen molar-refractivity contribution in [3.63, 3.8) is 0 Å². The number of carboxylic acid groups (broad SMARTS) is 2. The van der Waals surface area contributed by atoms with Gasteiger partial charge in [0.15, 0.2) is 11.3 Å². The first-order valence-corrected chi connectivity index (χ1v) is 21.2. The molecule has 0 saturated carbocycles. The molecule has 4 aromatic carbocycles. The number of hydrogen-bond acceptors (Lipinski definition) is 12. The number of aromatic hydroxyl groups is 1. The first-order chi connectivity index (χ1) is 33.9. The molecule has 0 spiro atoms. The van der Waals surface area contributed by atoms with Gasteiger partial charge in [0.25, 0.3) is 11.8 Å². The number of phenols is 1. The van der Waals surface area contributed by atoms with Crippen LogP contribution in [0, 0.1) is 0 Å². The van der Waals surface area contributed by atoms with E-state index in [1.165, 1.54) is 12.4 Å². The molecule has 8 aromatic rings. The molecule has 0 bridgehead atoms.